The first-order valence-electron chi connectivity index (χ1n) is 6.10. The van der Waals surface area contributed by atoms with Gasteiger partial charge in [-0.05, 0) is 64.8 Å². The highest BCUT2D eigenvalue weighted by molar-refractivity contribution is 14.1. The molecule has 1 atom stereocenters. The number of aliphatic carboxylic acids is 1. The number of carboxylic acids is 1. The highest BCUT2D eigenvalue weighted by Gasteiger charge is 2.21. The normalized spacial score (nSPS) is 12.1. The fraction of sp³-hybridized carbons (Fsp3) is 0.188. The van der Waals surface area contributed by atoms with Gasteiger partial charge in [-0.25, -0.2) is 0 Å². The van der Waals surface area contributed by atoms with Gasteiger partial charge in [0, 0.05) is 3.57 Å². The Bertz CT molecular complexity index is 576. The Morgan fingerprint density at radius 1 is 1.16 bits per heavy atom. The van der Waals surface area contributed by atoms with Crippen molar-refractivity contribution in [2.45, 2.75) is 19.3 Å². The van der Waals surface area contributed by atoms with E-state index in [4.69, 9.17) is 0 Å². The zero-order valence-electron chi connectivity index (χ0n) is 10.6. The highest BCUT2D eigenvalue weighted by atomic mass is 127. The maximum Gasteiger partial charge on any atom is 0.311 e. The molecule has 0 saturated heterocycles. The molecular weight excluding hydrogens is 351 g/mol. The maximum absolute atomic E-state index is 11.5. The summed E-state index contributed by atoms with van der Waals surface area (Å²) in [6, 6.07) is 15.7. The number of halogens is 1. The molecule has 2 nitrogen and oxygen atoms in total. The average Bonchev–Trinajstić information content (AvgIpc) is 2.39. The number of hydrogen-bond acceptors (Lipinski definition) is 1. The number of hydrogen-bond donors (Lipinski definition) is 1. The fourth-order valence-electron chi connectivity index (χ4n) is 2.16. The largest absolute Gasteiger partial charge is 0.481 e. The Kier molecular flexibility index (Phi) is 4.58. The maximum atomic E-state index is 11.5. The van der Waals surface area contributed by atoms with Crippen LogP contribution in [0.2, 0.25) is 0 Å². The Hall–Kier alpha value is -1.36. The summed E-state index contributed by atoms with van der Waals surface area (Å²) in [5.41, 5.74) is 2.98. The fourth-order valence-corrected chi connectivity index (χ4v) is 2.52. The summed E-state index contributed by atoms with van der Waals surface area (Å²) in [6.07, 6.45) is 0.525. The minimum Gasteiger partial charge on any atom is -0.481 e. The molecule has 0 spiro atoms. The molecule has 0 aliphatic heterocycles. The van der Waals surface area contributed by atoms with Gasteiger partial charge in [0.1, 0.15) is 0 Å². The molecule has 0 radical (unpaired) electrons. The second-order valence-corrected chi connectivity index (χ2v) is 5.82. The van der Waals surface area contributed by atoms with Gasteiger partial charge in [-0.1, -0.05) is 36.4 Å². The van der Waals surface area contributed by atoms with Gasteiger partial charge in [-0.3, -0.25) is 4.79 Å². The molecular formula is C16H15IO2. The molecule has 0 heterocycles. The smallest absolute Gasteiger partial charge is 0.311 e. The molecule has 1 unspecified atom stereocenters. The summed E-state index contributed by atoms with van der Waals surface area (Å²) in [7, 11) is 0. The molecule has 2 aromatic rings. The second-order valence-electron chi connectivity index (χ2n) is 4.58. The van der Waals surface area contributed by atoms with Crippen LogP contribution in [0.1, 0.15) is 22.6 Å². The van der Waals surface area contributed by atoms with Gasteiger partial charge in [0.05, 0.1) is 5.92 Å². The van der Waals surface area contributed by atoms with E-state index in [9.17, 15) is 9.90 Å². The molecule has 0 bridgehead atoms. The topological polar surface area (TPSA) is 37.3 Å². The van der Waals surface area contributed by atoms with Crippen LogP contribution in [0, 0.1) is 10.5 Å². The van der Waals surface area contributed by atoms with E-state index < -0.39 is 11.9 Å². The van der Waals surface area contributed by atoms with Crippen molar-refractivity contribution in [1.29, 1.82) is 0 Å². The summed E-state index contributed by atoms with van der Waals surface area (Å²) in [5, 5.41) is 9.47. The van der Waals surface area contributed by atoms with Gasteiger partial charge >= 0.3 is 5.97 Å². The third-order valence-corrected chi connectivity index (χ3v) is 3.93. The van der Waals surface area contributed by atoms with E-state index in [0.29, 0.717) is 6.42 Å². The van der Waals surface area contributed by atoms with Crippen molar-refractivity contribution in [3.63, 3.8) is 0 Å². The summed E-state index contributed by atoms with van der Waals surface area (Å²) >= 11 is 2.24. The first-order valence-corrected chi connectivity index (χ1v) is 7.18. The summed E-state index contributed by atoms with van der Waals surface area (Å²) in [6.45, 7) is 1.96. The van der Waals surface area contributed by atoms with Gasteiger partial charge < -0.3 is 5.11 Å². The van der Waals surface area contributed by atoms with Crippen LogP contribution in [0.15, 0.2) is 48.5 Å². The van der Waals surface area contributed by atoms with Gasteiger partial charge in [0.15, 0.2) is 0 Å². The first kappa shape index (κ1) is 14.1. The van der Waals surface area contributed by atoms with Crippen molar-refractivity contribution in [1.82, 2.24) is 0 Å². The van der Waals surface area contributed by atoms with Crippen molar-refractivity contribution < 1.29 is 9.90 Å². The number of carboxylic acid groups (broad SMARTS) is 1. The van der Waals surface area contributed by atoms with Gasteiger partial charge in [-0.2, -0.15) is 0 Å². The van der Waals surface area contributed by atoms with Crippen molar-refractivity contribution in [2.24, 2.45) is 0 Å². The van der Waals surface area contributed by atoms with Crippen LogP contribution in [0.4, 0.5) is 0 Å². The Labute approximate surface area is 126 Å². The number of aryl methyl sites for hydroxylation is 1. The minimum absolute atomic E-state index is 0.485. The van der Waals surface area contributed by atoms with E-state index >= 15 is 0 Å². The molecule has 0 saturated carbocycles. The Balaban J connectivity index is 2.29. The van der Waals surface area contributed by atoms with E-state index in [0.717, 1.165) is 20.3 Å². The molecule has 98 valence electrons. The molecule has 0 aliphatic rings. The molecule has 1 N–H and O–H groups in total. The quantitative estimate of drug-likeness (QED) is 0.831. The van der Waals surface area contributed by atoms with Gasteiger partial charge in [0.2, 0.25) is 0 Å². The number of benzene rings is 2. The zero-order chi connectivity index (χ0) is 13.8. The van der Waals surface area contributed by atoms with E-state index in [-0.39, 0.29) is 0 Å². The molecule has 2 aromatic carbocycles. The van der Waals surface area contributed by atoms with Gasteiger partial charge in [0.25, 0.3) is 0 Å². The standard InChI is InChI=1S/C16H15IO2/c1-11-4-2-3-5-14(11)15(16(18)19)10-12-6-8-13(17)9-7-12/h2-9,15H,10H2,1H3,(H,18,19). The zero-order valence-corrected chi connectivity index (χ0v) is 12.8. The average molecular weight is 366 g/mol. The lowest BCUT2D eigenvalue weighted by Gasteiger charge is -2.15. The molecule has 2 rings (SSSR count). The van der Waals surface area contributed by atoms with E-state index in [2.05, 4.69) is 22.6 Å². The lowest BCUT2D eigenvalue weighted by Crippen LogP contribution is -2.15. The van der Waals surface area contributed by atoms with Crippen LogP contribution in [0.5, 0.6) is 0 Å². The summed E-state index contributed by atoms with van der Waals surface area (Å²) in [4.78, 5) is 11.5. The van der Waals surface area contributed by atoms with Crippen LogP contribution in [0.3, 0.4) is 0 Å². The van der Waals surface area contributed by atoms with Crippen molar-refractivity contribution >= 4 is 28.6 Å². The van der Waals surface area contributed by atoms with Crippen molar-refractivity contribution in [3.05, 3.63) is 68.8 Å². The third kappa shape index (κ3) is 3.56. The second kappa shape index (κ2) is 6.19. The highest BCUT2D eigenvalue weighted by Crippen LogP contribution is 2.24. The van der Waals surface area contributed by atoms with Crippen LogP contribution in [-0.2, 0) is 11.2 Å². The molecule has 0 aliphatic carbocycles. The van der Waals surface area contributed by atoms with Crippen molar-refractivity contribution in [3.8, 4) is 0 Å². The summed E-state index contributed by atoms with van der Waals surface area (Å²) in [5.74, 6) is -1.26. The SMILES string of the molecule is Cc1ccccc1C(Cc1ccc(I)cc1)C(=O)O. The van der Waals surface area contributed by atoms with Crippen LogP contribution >= 0.6 is 22.6 Å². The number of rotatable bonds is 4. The van der Waals surface area contributed by atoms with Crippen LogP contribution in [-0.4, -0.2) is 11.1 Å². The third-order valence-electron chi connectivity index (χ3n) is 3.22. The molecule has 0 fully saturated rings. The van der Waals surface area contributed by atoms with Crippen LogP contribution in [0.25, 0.3) is 0 Å². The number of carbonyl (C=O) groups is 1. The monoisotopic (exact) mass is 366 g/mol. The predicted octanol–water partition coefficient (Wildman–Crippen LogP) is 4.01. The lowest BCUT2D eigenvalue weighted by atomic mass is 9.89. The molecule has 19 heavy (non-hydrogen) atoms. The van der Waals surface area contributed by atoms with E-state index in [1.165, 1.54) is 0 Å². The Morgan fingerprint density at radius 2 is 1.79 bits per heavy atom. The van der Waals surface area contributed by atoms with Crippen LogP contribution < -0.4 is 0 Å². The predicted molar refractivity (Wildman–Crippen MR) is 84.4 cm³/mol. The van der Waals surface area contributed by atoms with E-state index in [1.807, 2.05) is 55.5 Å². The van der Waals surface area contributed by atoms with E-state index in [1.54, 1.807) is 0 Å². The Morgan fingerprint density at radius 3 is 2.37 bits per heavy atom. The lowest BCUT2D eigenvalue weighted by molar-refractivity contribution is -0.138. The molecule has 0 aromatic heterocycles. The van der Waals surface area contributed by atoms with Gasteiger partial charge in [-0.15, -0.1) is 0 Å². The minimum atomic E-state index is -0.771. The van der Waals surface area contributed by atoms with Crippen molar-refractivity contribution in [2.75, 3.05) is 0 Å². The molecule has 3 heteroatoms. The first-order chi connectivity index (χ1) is 9.08. The summed E-state index contributed by atoms with van der Waals surface area (Å²) < 4.78 is 1.16. The molecule has 0 amide bonds.